The molecule has 1 aromatic rings. The molecule has 2 rings (SSSR count). The molecule has 0 saturated carbocycles. The Hall–Kier alpha value is -1.22. The van der Waals surface area contributed by atoms with Crippen LogP contribution in [-0.4, -0.2) is 18.0 Å². The van der Waals surface area contributed by atoms with Crippen molar-refractivity contribution in [3.63, 3.8) is 0 Å². The van der Waals surface area contributed by atoms with Crippen LogP contribution in [0.5, 0.6) is 11.5 Å². The molecule has 0 spiro atoms. The van der Waals surface area contributed by atoms with E-state index in [2.05, 4.69) is 0 Å². The number of aryl methyl sites for hydroxylation is 1. The van der Waals surface area contributed by atoms with Crippen LogP contribution in [0.4, 0.5) is 0 Å². The van der Waals surface area contributed by atoms with Crippen molar-refractivity contribution in [2.45, 2.75) is 25.6 Å². The molecule has 3 nitrogen and oxygen atoms in total. The number of fused-ring (bicyclic) bond motifs is 1. The zero-order valence-electron chi connectivity index (χ0n) is 8.41. The Morgan fingerprint density at radius 3 is 3.00 bits per heavy atom. The lowest BCUT2D eigenvalue weighted by Gasteiger charge is -2.34. The molecule has 0 saturated heterocycles. The van der Waals surface area contributed by atoms with E-state index in [1.165, 1.54) is 0 Å². The number of hydrogen-bond acceptors (Lipinski definition) is 3. The van der Waals surface area contributed by atoms with E-state index in [1.54, 1.807) is 25.3 Å². The van der Waals surface area contributed by atoms with Crippen molar-refractivity contribution in [3.8, 4) is 11.5 Å². The molecule has 1 atom stereocenters. The van der Waals surface area contributed by atoms with E-state index in [1.807, 2.05) is 6.92 Å². The van der Waals surface area contributed by atoms with E-state index >= 15 is 0 Å². The third kappa shape index (κ3) is 1.55. The van der Waals surface area contributed by atoms with Gasteiger partial charge in [-0.15, -0.1) is 0 Å². The van der Waals surface area contributed by atoms with Gasteiger partial charge in [0.2, 0.25) is 5.79 Å². The molecule has 0 amide bonds. The smallest absolute Gasteiger partial charge is 0.207 e. The number of phenolic OH excluding ortho intramolecular Hbond substituents is 1. The Labute approximate surface area is 83.3 Å². The van der Waals surface area contributed by atoms with Gasteiger partial charge in [-0.3, -0.25) is 0 Å². The first-order valence-electron chi connectivity index (χ1n) is 4.69. The van der Waals surface area contributed by atoms with E-state index < -0.39 is 5.79 Å². The Balaban J connectivity index is 2.31. The Kier molecular flexibility index (Phi) is 2.11. The van der Waals surface area contributed by atoms with E-state index in [-0.39, 0.29) is 5.75 Å². The fourth-order valence-electron chi connectivity index (χ4n) is 1.65. The van der Waals surface area contributed by atoms with E-state index in [0.29, 0.717) is 0 Å². The standard InChI is InChI=1S/C11H14O3/c1-11(13-2)6-5-8-7-9(12)3-4-10(8)14-11/h3-4,7,12H,5-6H2,1-2H3. The molecule has 3 heteroatoms. The number of rotatable bonds is 1. The van der Waals surface area contributed by atoms with Crippen molar-refractivity contribution in [1.82, 2.24) is 0 Å². The number of methoxy groups -OCH3 is 1. The number of benzene rings is 1. The van der Waals surface area contributed by atoms with Gasteiger partial charge in [-0.2, -0.15) is 0 Å². The summed E-state index contributed by atoms with van der Waals surface area (Å²) >= 11 is 0. The second kappa shape index (κ2) is 3.17. The van der Waals surface area contributed by atoms with E-state index in [9.17, 15) is 5.11 Å². The van der Waals surface area contributed by atoms with Gasteiger partial charge in [0.15, 0.2) is 0 Å². The quantitative estimate of drug-likeness (QED) is 0.743. The molecule has 76 valence electrons. The SMILES string of the molecule is COC1(C)CCc2cc(O)ccc2O1. The molecule has 0 fully saturated rings. The van der Waals surface area contributed by atoms with Crippen molar-refractivity contribution in [2.75, 3.05) is 7.11 Å². The summed E-state index contributed by atoms with van der Waals surface area (Å²) in [4.78, 5) is 0. The number of ether oxygens (including phenoxy) is 2. The van der Waals surface area contributed by atoms with Gasteiger partial charge in [0.05, 0.1) is 0 Å². The summed E-state index contributed by atoms with van der Waals surface area (Å²) in [5.74, 6) is 0.566. The lowest BCUT2D eigenvalue weighted by molar-refractivity contribution is -0.160. The summed E-state index contributed by atoms with van der Waals surface area (Å²) in [6.45, 7) is 1.92. The van der Waals surface area contributed by atoms with Crippen LogP contribution in [0.1, 0.15) is 18.9 Å². The molecule has 1 aliphatic heterocycles. The highest BCUT2D eigenvalue weighted by Gasteiger charge is 2.31. The average molecular weight is 194 g/mol. The molecule has 14 heavy (non-hydrogen) atoms. The normalized spacial score (nSPS) is 25.3. The number of hydrogen-bond donors (Lipinski definition) is 1. The second-order valence-electron chi connectivity index (χ2n) is 3.73. The second-order valence-corrected chi connectivity index (χ2v) is 3.73. The first kappa shape index (κ1) is 9.34. The highest BCUT2D eigenvalue weighted by molar-refractivity contribution is 5.41. The topological polar surface area (TPSA) is 38.7 Å². The van der Waals surface area contributed by atoms with Crippen LogP contribution in [0.25, 0.3) is 0 Å². The highest BCUT2D eigenvalue weighted by atomic mass is 16.7. The zero-order valence-corrected chi connectivity index (χ0v) is 8.41. The summed E-state index contributed by atoms with van der Waals surface area (Å²) in [7, 11) is 1.64. The summed E-state index contributed by atoms with van der Waals surface area (Å²) in [6.07, 6.45) is 1.67. The van der Waals surface area contributed by atoms with Crippen LogP contribution in [0, 0.1) is 0 Å². The van der Waals surface area contributed by atoms with Crippen molar-refractivity contribution in [2.24, 2.45) is 0 Å². The monoisotopic (exact) mass is 194 g/mol. The van der Waals surface area contributed by atoms with Crippen LogP contribution in [0.3, 0.4) is 0 Å². The molecule has 1 unspecified atom stereocenters. The Morgan fingerprint density at radius 1 is 1.50 bits per heavy atom. The predicted octanol–water partition coefficient (Wildman–Crippen LogP) is 2.08. The molecule has 0 radical (unpaired) electrons. The largest absolute Gasteiger partial charge is 0.508 e. The van der Waals surface area contributed by atoms with Crippen LogP contribution < -0.4 is 4.74 Å². The van der Waals surface area contributed by atoms with Gasteiger partial charge in [-0.1, -0.05) is 0 Å². The number of aromatic hydroxyl groups is 1. The molecule has 0 aromatic heterocycles. The van der Waals surface area contributed by atoms with Gasteiger partial charge >= 0.3 is 0 Å². The van der Waals surface area contributed by atoms with Crippen molar-refractivity contribution in [1.29, 1.82) is 0 Å². The van der Waals surface area contributed by atoms with Crippen LogP contribution in [-0.2, 0) is 11.2 Å². The highest BCUT2D eigenvalue weighted by Crippen LogP contribution is 2.35. The molecule has 0 bridgehead atoms. The van der Waals surface area contributed by atoms with Crippen molar-refractivity contribution < 1.29 is 14.6 Å². The van der Waals surface area contributed by atoms with Gasteiger partial charge in [-0.05, 0) is 30.2 Å². The first-order valence-corrected chi connectivity index (χ1v) is 4.69. The predicted molar refractivity (Wildman–Crippen MR) is 52.5 cm³/mol. The van der Waals surface area contributed by atoms with Crippen molar-refractivity contribution in [3.05, 3.63) is 23.8 Å². The van der Waals surface area contributed by atoms with Gasteiger partial charge in [0, 0.05) is 20.5 Å². The summed E-state index contributed by atoms with van der Waals surface area (Å²) in [5.41, 5.74) is 1.04. The number of phenols is 1. The minimum absolute atomic E-state index is 0.286. The van der Waals surface area contributed by atoms with Gasteiger partial charge in [0.25, 0.3) is 0 Å². The van der Waals surface area contributed by atoms with Crippen molar-refractivity contribution >= 4 is 0 Å². The third-order valence-corrected chi connectivity index (χ3v) is 2.65. The van der Waals surface area contributed by atoms with E-state index in [0.717, 1.165) is 24.2 Å². The molecule has 1 aliphatic rings. The van der Waals surface area contributed by atoms with Gasteiger partial charge in [-0.25, -0.2) is 0 Å². The lowest BCUT2D eigenvalue weighted by atomic mass is 10.0. The summed E-state index contributed by atoms with van der Waals surface area (Å²) in [5, 5.41) is 9.29. The molecule has 0 aliphatic carbocycles. The molecular weight excluding hydrogens is 180 g/mol. The minimum atomic E-state index is -0.524. The Morgan fingerprint density at radius 2 is 2.29 bits per heavy atom. The molecular formula is C11H14O3. The van der Waals surface area contributed by atoms with Crippen LogP contribution in [0.15, 0.2) is 18.2 Å². The molecule has 1 heterocycles. The first-order chi connectivity index (χ1) is 6.63. The molecule has 1 N–H and O–H groups in total. The Bertz CT molecular complexity index is 348. The maximum absolute atomic E-state index is 9.29. The van der Waals surface area contributed by atoms with Gasteiger partial charge in [0.1, 0.15) is 11.5 Å². The lowest BCUT2D eigenvalue weighted by Crippen LogP contribution is -2.38. The van der Waals surface area contributed by atoms with Crippen LogP contribution in [0.2, 0.25) is 0 Å². The fraction of sp³-hybridized carbons (Fsp3) is 0.455. The third-order valence-electron chi connectivity index (χ3n) is 2.65. The maximum atomic E-state index is 9.29. The summed E-state index contributed by atoms with van der Waals surface area (Å²) in [6, 6.07) is 5.14. The molecule has 1 aromatic carbocycles. The van der Waals surface area contributed by atoms with Crippen LogP contribution >= 0.6 is 0 Å². The fourth-order valence-corrected chi connectivity index (χ4v) is 1.65. The minimum Gasteiger partial charge on any atom is -0.508 e. The maximum Gasteiger partial charge on any atom is 0.207 e. The van der Waals surface area contributed by atoms with Gasteiger partial charge < -0.3 is 14.6 Å². The van der Waals surface area contributed by atoms with E-state index in [4.69, 9.17) is 9.47 Å². The average Bonchev–Trinajstić information content (AvgIpc) is 2.19. The summed E-state index contributed by atoms with van der Waals surface area (Å²) < 4.78 is 11.0. The zero-order chi connectivity index (χ0) is 10.2.